The van der Waals surface area contributed by atoms with Crippen LogP contribution in [-0.2, 0) is 4.79 Å². The summed E-state index contributed by atoms with van der Waals surface area (Å²) in [5, 5.41) is 6.36. The molecular weight excluding hydrogens is 256 g/mol. The maximum Gasteiger partial charge on any atom is 0.266 e. The van der Waals surface area contributed by atoms with E-state index in [0.29, 0.717) is 17.3 Å². The van der Waals surface area contributed by atoms with Gasteiger partial charge in [0.05, 0.1) is 0 Å². The average Bonchev–Trinajstić information content (AvgIpc) is 2.80. The smallest absolute Gasteiger partial charge is 0.266 e. The largest absolute Gasteiger partial charge is 0.481 e. The molecule has 0 aliphatic rings. The Bertz CT molecular complexity index is 619. The molecule has 0 saturated heterocycles. The SMILES string of the molecule is Cc1cc(NC(=O)C(C)Oc2cccc(C)c2C)no1. The number of amides is 1. The second kappa shape index (κ2) is 5.77. The van der Waals surface area contributed by atoms with Crippen LogP contribution in [-0.4, -0.2) is 17.2 Å². The van der Waals surface area contributed by atoms with E-state index in [2.05, 4.69) is 10.5 Å². The van der Waals surface area contributed by atoms with Crippen LogP contribution in [0.25, 0.3) is 0 Å². The number of carbonyl (C=O) groups excluding carboxylic acids is 1. The second-order valence-corrected chi connectivity index (χ2v) is 4.77. The van der Waals surface area contributed by atoms with Crippen molar-refractivity contribution in [3.05, 3.63) is 41.2 Å². The number of carbonyl (C=O) groups is 1. The summed E-state index contributed by atoms with van der Waals surface area (Å²) >= 11 is 0. The van der Waals surface area contributed by atoms with Gasteiger partial charge in [0.25, 0.3) is 5.91 Å². The van der Waals surface area contributed by atoms with E-state index in [1.807, 2.05) is 32.0 Å². The molecule has 5 heteroatoms. The monoisotopic (exact) mass is 274 g/mol. The standard InChI is InChI=1S/C15H18N2O3/c1-9-6-5-7-13(11(9)3)19-12(4)15(18)16-14-8-10(2)20-17-14/h5-8,12H,1-4H3,(H,16,17,18). The molecule has 0 aliphatic heterocycles. The van der Waals surface area contributed by atoms with Crippen molar-refractivity contribution < 1.29 is 14.1 Å². The Hall–Kier alpha value is -2.30. The number of ether oxygens (including phenoxy) is 1. The van der Waals surface area contributed by atoms with Crippen molar-refractivity contribution in [2.75, 3.05) is 5.32 Å². The van der Waals surface area contributed by atoms with Gasteiger partial charge >= 0.3 is 0 Å². The molecule has 0 spiro atoms. The lowest BCUT2D eigenvalue weighted by Gasteiger charge is -2.16. The van der Waals surface area contributed by atoms with E-state index in [1.54, 1.807) is 19.9 Å². The lowest BCUT2D eigenvalue weighted by molar-refractivity contribution is -0.122. The first kappa shape index (κ1) is 14.1. The molecule has 0 aliphatic carbocycles. The molecule has 5 nitrogen and oxygen atoms in total. The van der Waals surface area contributed by atoms with Crippen molar-refractivity contribution in [1.29, 1.82) is 0 Å². The minimum absolute atomic E-state index is 0.265. The number of nitrogens with zero attached hydrogens (tertiary/aromatic N) is 1. The molecule has 1 aromatic carbocycles. The Labute approximate surface area is 117 Å². The van der Waals surface area contributed by atoms with Gasteiger partial charge in [0.2, 0.25) is 0 Å². The zero-order valence-electron chi connectivity index (χ0n) is 12.1. The van der Waals surface area contributed by atoms with Gasteiger partial charge in [-0.1, -0.05) is 17.3 Å². The molecule has 1 amide bonds. The van der Waals surface area contributed by atoms with Gasteiger partial charge in [0.15, 0.2) is 11.9 Å². The molecule has 1 heterocycles. The van der Waals surface area contributed by atoms with Crippen LogP contribution in [0.15, 0.2) is 28.8 Å². The zero-order chi connectivity index (χ0) is 14.7. The Kier molecular flexibility index (Phi) is 4.08. The predicted molar refractivity (Wildman–Crippen MR) is 75.9 cm³/mol. The Morgan fingerprint density at radius 2 is 2.10 bits per heavy atom. The molecule has 1 aromatic heterocycles. The number of nitrogens with one attached hydrogen (secondary N) is 1. The fourth-order valence-corrected chi connectivity index (χ4v) is 1.75. The summed E-state index contributed by atoms with van der Waals surface area (Å²) in [7, 11) is 0. The first-order valence-electron chi connectivity index (χ1n) is 6.44. The highest BCUT2D eigenvalue weighted by Gasteiger charge is 2.17. The van der Waals surface area contributed by atoms with E-state index < -0.39 is 6.10 Å². The molecule has 0 fully saturated rings. The van der Waals surface area contributed by atoms with Gasteiger partial charge in [-0.25, -0.2) is 0 Å². The second-order valence-electron chi connectivity index (χ2n) is 4.77. The summed E-state index contributed by atoms with van der Waals surface area (Å²) in [6, 6.07) is 7.42. The van der Waals surface area contributed by atoms with Gasteiger partial charge < -0.3 is 14.6 Å². The highest BCUT2D eigenvalue weighted by Crippen LogP contribution is 2.22. The molecule has 0 radical (unpaired) electrons. The van der Waals surface area contributed by atoms with Gasteiger partial charge in [-0.05, 0) is 44.9 Å². The number of anilines is 1. The highest BCUT2D eigenvalue weighted by atomic mass is 16.5. The van der Waals surface area contributed by atoms with E-state index in [0.717, 1.165) is 11.1 Å². The van der Waals surface area contributed by atoms with Crippen molar-refractivity contribution in [1.82, 2.24) is 5.16 Å². The van der Waals surface area contributed by atoms with Gasteiger partial charge in [0, 0.05) is 6.07 Å². The van der Waals surface area contributed by atoms with E-state index in [1.165, 1.54) is 0 Å². The third kappa shape index (κ3) is 3.17. The molecule has 106 valence electrons. The third-order valence-electron chi connectivity index (χ3n) is 3.11. The Morgan fingerprint density at radius 3 is 2.75 bits per heavy atom. The maximum atomic E-state index is 12.0. The van der Waals surface area contributed by atoms with Crippen LogP contribution in [0.1, 0.15) is 23.8 Å². The summed E-state index contributed by atoms with van der Waals surface area (Å²) in [6.07, 6.45) is -0.618. The van der Waals surface area contributed by atoms with Crippen LogP contribution in [0.5, 0.6) is 5.75 Å². The Morgan fingerprint density at radius 1 is 1.35 bits per heavy atom. The topological polar surface area (TPSA) is 64.4 Å². The van der Waals surface area contributed by atoms with Gasteiger partial charge in [0.1, 0.15) is 11.5 Å². The number of aryl methyl sites for hydroxylation is 2. The van der Waals surface area contributed by atoms with Crippen LogP contribution in [0, 0.1) is 20.8 Å². The van der Waals surface area contributed by atoms with Crippen LogP contribution < -0.4 is 10.1 Å². The van der Waals surface area contributed by atoms with Gasteiger partial charge in [-0.3, -0.25) is 4.79 Å². The molecular formula is C15H18N2O3. The number of hydrogen-bond acceptors (Lipinski definition) is 4. The van der Waals surface area contributed by atoms with Crippen molar-refractivity contribution in [3.63, 3.8) is 0 Å². The summed E-state index contributed by atoms with van der Waals surface area (Å²) in [6.45, 7) is 7.43. The molecule has 20 heavy (non-hydrogen) atoms. The fraction of sp³-hybridized carbons (Fsp3) is 0.333. The molecule has 1 atom stereocenters. The summed E-state index contributed by atoms with van der Waals surface area (Å²) in [4.78, 5) is 12.0. The predicted octanol–water partition coefficient (Wildman–Crippen LogP) is 3.01. The van der Waals surface area contributed by atoms with Crippen molar-refractivity contribution in [3.8, 4) is 5.75 Å². The average molecular weight is 274 g/mol. The number of aromatic nitrogens is 1. The van der Waals surface area contributed by atoms with Gasteiger partial charge in [-0.15, -0.1) is 0 Å². The Balaban J connectivity index is 2.02. The van der Waals surface area contributed by atoms with Crippen LogP contribution in [0.2, 0.25) is 0 Å². The zero-order valence-corrected chi connectivity index (χ0v) is 12.1. The van der Waals surface area contributed by atoms with E-state index in [9.17, 15) is 4.79 Å². The fourth-order valence-electron chi connectivity index (χ4n) is 1.75. The quantitative estimate of drug-likeness (QED) is 0.930. The maximum absolute atomic E-state index is 12.0. The molecule has 1 N–H and O–H groups in total. The molecule has 1 unspecified atom stereocenters. The van der Waals surface area contributed by atoms with E-state index in [4.69, 9.17) is 9.26 Å². The summed E-state index contributed by atoms with van der Waals surface area (Å²) < 4.78 is 10.6. The van der Waals surface area contributed by atoms with Crippen molar-refractivity contribution >= 4 is 11.7 Å². The van der Waals surface area contributed by atoms with Gasteiger partial charge in [-0.2, -0.15) is 0 Å². The molecule has 0 saturated carbocycles. The van der Waals surface area contributed by atoms with Crippen LogP contribution >= 0.6 is 0 Å². The first-order chi connectivity index (χ1) is 9.47. The van der Waals surface area contributed by atoms with Crippen molar-refractivity contribution in [2.24, 2.45) is 0 Å². The van der Waals surface area contributed by atoms with Crippen molar-refractivity contribution in [2.45, 2.75) is 33.8 Å². The summed E-state index contributed by atoms with van der Waals surface area (Å²) in [5.74, 6) is 1.48. The van der Waals surface area contributed by atoms with Crippen LogP contribution in [0.4, 0.5) is 5.82 Å². The minimum atomic E-state index is -0.618. The number of benzene rings is 1. The first-order valence-corrected chi connectivity index (χ1v) is 6.44. The molecule has 2 rings (SSSR count). The van der Waals surface area contributed by atoms with Crippen LogP contribution in [0.3, 0.4) is 0 Å². The lowest BCUT2D eigenvalue weighted by atomic mass is 10.1. The third-order valence-corrected chi connectivity index (χ3v) is 3.11. The molecule has 2 aromatic rings. The lowest BCUT2D eigenvalue weighted by Crippen LogP contribution is -2.30. The summed E-state index contributed by atoms with van der Waals surface area (Å²) in [5.41, 5.74) is 2.16. The molecule has 0 bridgehead atoms. The minimum Gasteiger partial charge on any atom is -0.481 e. The number of rotatable bonds is 4. The van der Waals surface area contributed by atoms with E-state index in [-0.39, 0.29) is 5.91 Å². The number of hydrogen-bond donors (Lipinski definition) is 1. The van der Waals surface area contributed by atoms with E-state index >= 15 is 0 Å². The highest BCUT2D eigenvalue weighted by molar-refractivity contribution is 5.93. The normalized spacial score (nSPS) is 12.0.